The lowest BCUT2D eigenvalue weighted by atomic mass is 10.4. The van der Waals surface area contributed by atoms with Crippen LogP contribution in [0.5, 0.6) is 0 Å². The van der Waals surface area contributed by atoms with Gasteiger partial charge in [0.2, 0.25) is 0 Å². The van der Waals surface area contributed by atoms with Gasteiger partial charge in [0.05, 0.1) is 31.3 Å². The minimum atomic E-state index is -0.335. The van der Waals surface area contributed by atoms with E-state index >= 15 is 0 Å². The summed E-state index contributed by atoms with van der Waals surface area (Å²) < 4.78 is 0. The first-order valence-corrected chi connectivity index (χ1v) is 4.66. The molecule has 2 rings (SSSR count). The maximum atomic E-state index is 9.15. The van der Waals surface area contributed by atoms with Gasteiger partial charge >= 0.3 is 0 Å². The van der Waals surface area contributed by atoms with Crippen LogP contribution in [0.25, 0.3) is 0 Å². The summed E-state index contributed by atoms with van der Waals surface area (Å²) in [6, 6.07) is 0. The average molecular weight is 186 g/mol. The van der Waals surface area contributed by atoms with Crippen LogP contribution in [0.1, 0.15) is 4.88 Å². The summed E-state index contributed by atoms with van der Waals surface area (Å²) in [6.45, 7) is 1.73. The molecule has 0 bridgehead atoms. The fraction of sp³-hybridized carbons (Fsp3) is 0.571. The van der Waals surface area contributed by atoms with Crippen molar-refractivity contribution in [3.8, 4) is 0 Å². The number of aromatic nitrogens is 1. The molecule has 1 atom stereocenters. The number of β-amino-alcohol motifs (C(OH)–C–C–N with tert-alkyl or cyclic N) is 1. The van der Waals surface area contributed by atoms with Gasteiger partial charge < -0.3 is 5.11 Å². The smallest absolute Gasteiger partial charge is 0.0958 e. The van der Waals surface area contributed by atoms with Crippen LogP contribution in [0.4, 0.5) is 0 Å². The van der Waals surface area contributed by atoms with E-state index in [0.717, 1.165) is 11.4 Å². The van der Waals surface area contributed by atoms with E-state index in [9.17, 15) is 0 Å². The van der Waals surface area contributed by atoms with Gasteiger partial charge in [-0.05, 0) is 0 Å². The highest BCUT2D eigenvalue weighted by Gasteiger charge is 2.21. The standard InChI is InChI=1S/C7H10N2O2S/c10-6-2-9(11-4-6)3-7-1-8-5-12-7/h1,5-6,10H,2-4H2/t6-/m1/s1. The molecule has 0 aliphatic carbocycles. The average Bonchev–Trinajstić information content (AvgIpc) is 2.63. The molecular formula is C7H10N2O2S. The first-order valence-electron chi connectivity index (χ1n) is 3.78. The molecule has 66 valence electrons. The third kappa shape index (κ3) is 1.81. The predicted octanol–water partition coefficient (Wildman–Crippen LogP) is 0.251. The molecule has 0 spiro atoms. The summed E-state index contributed by atoms with van der Waals surface area (Å²) in [5.41, 5.74) is 1.79. The fourth-order valence-electron chi connectivity index (χ4n) is 1.14. The second-order valence-electron chi connectivity index (χ2n) is 2.74. The molecule has 2 heterocycles. The number of nitrogens with zero attached hydrogens (tertiary/aromatic N) is 2. The van der Waals surface area contributed by atoms with Crippen LogP contribution in [0.3, 0.4) is 0 Å². The number of thiazole rings is 1. The monoisotopic (exact) mass is 186 g/mol. The number of hydrogen-bond donors (Lipinski definition) is 1. The highest BCUT2D eigenvalue weighted by Crippen LogP contribution is 2.13. The van der Waals surface area contributed by atoms with Crippen molar-refractivity contribution in [1.29, 1.82) is 0 Å². The highest BCUT2D eigenvalue weighted by molar-refractivity contribution is 7.09. The molecule has 1 saturated heterocycles. The second kappa shape index (κ2) is 3.49. The van der Waals surface area contributed by atoms with Gasteiger partial charge in [-0.3, -0.25) is 9.82 Å². The van der Waals surface area contributed by atoms with Crippen LogP contribution in [0.15, 0.2) is 11.7 Å². The Morgan fingerprint density at radius 3 is 3.33 bits per heavy atom. The highest BCUT2D eigenvalue weighted by atomic mass is 32.1. The van der Waals surface area contributed by atoms with Gasteiger partial charge in [0, 0.05) is 11.1 Å². The summed E-state index contributed by atoms with van der Waals surface area (Å²) >= 11 is 1.60. The van der Waals surface area contributed by atoms with Crippen LogP contribution < -0.4 is 0 Å². The zero-order valence-electron chi connectivity index (χ0n) is 6.51. The van der Waals surface area contributed by atoms with Crippen LogP contribution in [-0.4, -0.2) is 34.4 Å². The van der Waals surface area contributed by atoms with Gasteiger partial charge in [-0.15, -0.1) is 11.3 Å². The van der Waals surface area contributed by atoms with Crippen molar-refractivity contribution in [2.24, 2.45) is 0 Å². The lowest BCUT2D eigenvalue weighted by Gasteiger charge is -2.10. The molecule has 1 aliphatic heterocycles. The van der Waals surface area contributed by atoms with Crippen molar-refractivity contribution in [2.75, 3.05) is 13.2 Å². The molecular weight excluding hydrogens is 176 g/mol. The van der Waals surface area contributed by atoms with Gasteiger partial charge in [0.25, 0.3) is 0 Å². The van der Waals surface area contributed by atoms with Crippen LogP contribution >= 0.6 is 11.3 Å². The van der Waals surface area contributed by atoms with Crippen molar-refractivity contribution in [1.82, 2.24) is 10.0 Å². The second-order valence-corrected chi connectivity index (χ2v) is 3.71. The van der Waals surface area contributed by atoms with Gasteiger partial charge in [-0.1, -0.05) is 0 Å². The quantitative estimate of drug-likeness (QED) is 0.719. The Bertz CT molecular complexity index is 240. The Hall–Kier alpha value is -0.490. The largest absolute Gasteiger partial charge is 0.389 e. The molecule has 1 N–H and O–H groups in total. The molecule has 0 saturated carbocycles. The Labute approximate surface area is 74.4 Å². The minimum absolute atomic E-state index is 0.335. The maximum absolute atomic E-state index is 9.15. The summed E-state index contributed by atoms with van der Waals surface area (Å²) in [7, 11) is 0. The summed E-state index contributed by atoms with van der Waals surface area (Å²) in [6.07, 6.45) is 1.48. The zero-order valence-corrected chi connectivity index (χ0v) is 7.33. The molecule has 5 heteroatoms. The number of hydrogen-bond acceptors (Lipinski definition) is 5. The van der Waals surface area contributed by atoms with Crippen molar-refractivity contribution in [3.63, 3.8) is 0 Å². The van der Waals surface area contributed by atoms with Crippen molar-refractivity contribution in [2.45, 2.75) is 12.6 Å². The van der Waals surface area contributed by atoms with Gasteiger partial charge in [0.1, 0.15) is 0 Å². The first-order chi connectivity index (χ1) is 5.84. The topological polar surface area (TPSA) is 45.6 Å². The number of hydroxylamine groups is 2. The number of aliphatic hydroxyl groups is 1. The van der Waals surface area contributed by atoms with Gasteiger partial charge in [-0.25, -0.2) is 0 Å². The zero-order chi connectivity index (χ0) is 8.39. The number of rotatable bonds is 2. The van der Waals surface area contributed by atoms with E-state index < -0.39 is 0 Å². The Kier molecular flexibility index (Phi) is 2.36. The Morgan fingerprint density at radius 1 is 1.83 bits per heavy atom. The molecule has 4 nitrogen and oxygen atoms in total. The Morgan fingerprint density at radius 2 is 2.75 bits per heavy atom. The van der Waals surface area contributed by atoms with E-state index in [1.54, 1.807) is 21.9 Å². The lowest BCUT2D eigenvalue weighted by molar-refractivity contribution is -0.117. The summed E-state index contributed by atoms with van der Waals surface area (Å²) in [5.74, 6) is 0. The fourth-order valence-corrected chi connectivity index (χ4v) is 1.73. The summed E-state index contributed by atoms with van der Waals surface area (Å²) in [5, 5.41) is 10.9. The Balaban J connectivity index is 1.88. The third-order valence-corrected chi connectivity index (χ3v) is 2.44. The molecule has 0 unspecified atom stereocenters. The van der Waals surface area contributed by atoms with Crippen LogP contribution in [0, 0.1) is 0 Å². The molecule has 1 aliphatic rings. The van der Waals surface area contributed by atoms with Crippen molar-refractivity contribution in [3.05, 3.63) is 16.6 Å². The van der Waals surface area contributed by atoms with E-state index in [0.29, 0.717) is 13.2 Å². The van der Waals surface area contributed by atoms with E-state index in [1.165, 1.54) is 0 Å². The van der Waals surface area contributed by atoms with Crippen molar-refractivity contribution >= 4 is 11.3 Å². The molecule has 0 radical (unpaired) electrons. The van der Waals surface area contributed by atoms with Crippen LogP contribution in [-0.2, 0) is 11.4 Å². The van der Waals surface area contributed by atoms with Crippen molar-refractivity contribution < 1.29 is 9.94 Å². The van der Waals surface area contributed by atoms with Crippen LogP contribution in [0.2, 0.25) is 0 Å². The molecule has 1 aromatic heterocycles. The normalized spacial score (nSPS) is 24.9. The maximum Gasteiger partial charge on any atom is 0.0958 e. The molecule has 0 aromatic carbocycles. The van der Waals surface area contributed by atoms with E-state index in [-0.39, 0.29) is 6.10 Å². The van der Waals surface area contributed by atoms with E-state index in [2.05, 4.69) is 4.98 Å². The minimum Gasteiger partial charge on any atom is -0.389 e. The van der Waals surface area contributed by atoms with Gasteiger partial charge in [0.15, 0.2) is 0 Å². The summed E-state index contributed by atoms with van der Waals surface area (Å²) in [4.78, 5) is 10.3. The number of aliphatic hydroxyl groups excluding tert-OH is 1. The lowest BCUT2D eigenvalue weighted by Crippen LogP contribution is -2.19. The van der Waals surface area contributed by atoms with E-state index in [4.69, 9.17) is 9.94 Å². The molecule has 1 aromatic rings. The van der Waals surface area contributed by atoms with Gasteiger partial charge in [-0.2, -0.15) is 5.06 Å². The SMILES string of the molecule is O[C@H]1CON(Cc2cncs2)C1. The van der Waals surface area contributed by atoms with E-state index in [1.807, 2.05) is 6.20 Å². The predicted molar refractivity (Wildman–Crippen MR) is 44.5 cm³/mol. The molecule has 1 fully saturated rings. The molecule has 12 heavy (non-hydrogen) atoms. The third-order valence-electron chi connectivity index (χ3n) is 1.68. The molecule has 0 amide bonds. The first kappa shape index (κ1) is 8.12.